The Kier molecular flexibility index (Phi) is 2.71. The molecule has 20 heavy (non-hydrogen) atoms. The molecule has 0 saturated carbocycles. The van der Waals surface area contributed by atoms with Crippen LogP contribution < -0.4 is 0 Å². The number of aromatic nitrogens is 4. The Morgan fingerprint density at radius 1 is 1.15 bits per heavy atom. The number of hydrogen-bond donors (Lipinski definition) is 1. The molecule has 3 aromatic rings. The first kappa shape index (κ1) is 12.3. The summed E-state index contributed by atoms with van der Waals surface area (Å²) in [5.74, 6) is -1.11. The van der Waals surface area contributed by atoms with Gasteiger partial charge in [0.2, 0.25) is 0 Å². The lowest BCUT2D eigenvalue weighted by Gasteiger charge is -2.02. The molecule has 0 radical (unpaired) electrons. The fraction of sp³-hybridized carbons (Fsp3) is 0.143. The van der Waals surface area contributed by atoms with E-state index in [9.17, 15) is 4.79 Å². The largest absolute Gasteiger partial charge is 0.476 e. The van der Waals surface area contributed by atoms with Crippen LogP contribution in [0.15, 0.2) is 30.3 Å². The SMILES string of the molecule is Cc1nn2c(C)c(C(=O)O)nnc2c1-c1ccccc1. The Morgan fingerprint density at radius 3 is 2.50 bits per heavy atom. The monoisotopic (exact) mass is 268 g/mol. The number of nitrogens with zero attached hydrogens (tertiary/aromatic N) is 4. The number of rotatable bonds is 2. The van der Waals surface area contributed by atoms with Crippen molar-refractivity contribution in [2.75, 3.05) is 0 Å². The molecule has 0 amide bonds. The third kappa shape index (κ3) is 1.73. The standard InChI is InChI=1S/C14H12N4O2/c1-8-11(10-6-4-3-5-7-10)13-16-15-12(14(19)20)9(2)18(13)17-8/h3-7H,1-2H3,(H,19,20). The second-order valence-corrected chi connectivity index (χ2v) is 4.50. The highest BCUT2D eigenvalue weighted by Gasteiger charge is 2.19. The summed E-state index contributed by atoms with van der Waals surface area (Å²) in [6, 6.07) is 9.73. The predicted molar refractivity (Wildman–Crippen MR) is 72.7 cm³/mol. The molecule has 0 saturated heterocycles. The Hall–Kier alpha value is -2.76. The lowest BCUT2D eigenvalue weighted by Crippen LogP contribution is -2.10. The zero-order valence-electron chi connectivity index (χ0n) is 11.0. The summed E-state index contributed by atoms with van der Waals surface area (Å²) in [6.45, 7) is 3.54. The van der Waals surface area contributed by atoms with Gasteiger partial charge in [0, 0.05) is 0 Å². The van der Waals surface area contributed by atoms with E-state index in [1.807, 2.05) is 37.3 Å². The molecule has 1 aromatic carbocycles. The molecular weight excluding hydrogens is 256 g/mol. The fourth-order valence-electron chi connectivity index (χ4n) is 2.25. The third-order valence-corrected chi connectivity index (χ3v) is 3.21. The second-order valence-electron chi connectivity index (χ2n) is 4.50. The zero-order chi connectivity index (χ0) is 14.3. The summed E-state index contributed by atoms with van der Waals surface area (Å²) in [5.41, 5.74) is 3.59. The number of fused-ring (bicyclic) bond motifs is 1. The van der Waals surface area contributed by atoms with E-state index in [-0.39, 0.29) is 5.69 Å². The predicted octanol–water partition coefficient (Wildman–Crippen LogP) is 2.11. The minimum atomic E-state index is -1.11. The van der Waals surface area contributed by atoms with Crippen molar-refractivity contribution in [3.63, 3.8) is 0 Å². The maximum absolute atomic E-state index is 11.1. The van der Waals surface area contributed by atoms with Crippen LogP contribution in [0.1, 0.15) is 21.9 Å². The Labute approximate surface area is 114 Å². The molecule has 0 aliphatic carbocycles. The van der Waals surface area contributed by atoms with Gasteiger partial charge >= 0.3 is 5.97 Å². The molecule has 0 unspecified atom stereocenters. The molecule has 3 rings (SSSR count). The van der Waals surface area contributed by atoms with Crippen molar-refractivity contribution in [2.45, 2.75) is 13.8 Å². The van der Waals surface area contributed by atoms with Gasteiger partial charge in [0.05, 0.1) is 17.0 Å². The Balaban J connectivity index is 2.34. The topological polar surface area (TPSA) is 80.4 Å². The van der Waals surface area contributed by atoms with Gasteiger partial charge in [-0.2, -0.15) is 5.10 Å². The van der Waals surface area contributed by atoms with Crippen LogP contribution in [0, 0.1) is 13.8 Å². The average molecular weight is 268 g/mol. The first-order chi connectivity index (χ1) is 9.59. The maximum atomic E-state index is 11.1. The Bertz CT molecular complexity index is 809. The number of carboxylic acid groups (broad SMARTS) is 1. The molecule has 6 heteroatoms. The van der Waals surface area contributed by atoms with Gasteiger partial charge < -0.3 is 5.11 Å². The van der Waals surface area contributed by atoms with Gasteiger partial charge in [-0.1, -0.05) is 30.3 Å². The van der Waals surface area contributed by atoms with E-state index in [2.05, 4.69) is 15.3 Å². The van der Waals surface area contributed by atoms with Crippen molar-refractivity contribution in [3.8, 4) is 11.1 Å². The summed E-state index contributed by atoms with van der Waals surface area (Å²) in [7, 11) is 0. The molecular formula is C14H12N4O2. The molecule has 2 heterocycles. The molecule has 0 bridgehead atoms. The minimum absolute atomic E-state index is 0.0837. The van der Waals surface area contributed by atoms with E-state index in [1.165, 1.54) is 4.52 Å². The van der Waals surface area contributed by atoms with Crippen LogP contribution in [-0.4, -0.2) is 30.9 Å². The van der Waals surface area contributed by atoms with Crippen molar-refractivity contribution in [1.82, 2.24) is 19.8 Å². The maximum Gasteiger partial charge on any atom is 0.358 e. The summed E-state index contributed by atoms with van der Waals surface area (Å²) in [5, 5.41) is 21.3. The fourth-order valence-corrected chi connectivity index (χ4v) is 2.25. The molecule has 0 spiro atoms. The van der Waals surface area contributed by atoms with Crippen LogP contribution in [0.2, 0.25) is 0 Å². The zero-order valence-corrected chi connectivity index (χ0v) is 11.0. The van der Waals surface area contributed by atoms with Gasteiger partial charge in [-0.05, 0) is 19.4 Å². The van der Waals surface area contributed by atoms with E-state index < -0.39 is 5.97 Å². The lowest BCUT2D eigenvalue weighted by atomic mass is 10.1. The Morgan fingerprint density at radius 2 is 1.85 bits per heavy atom. The van der Waals surface area contributed by atoms with Crippen molar-refractivity contribution < 1.29 is 9.90 Å². The number of aryl methyl sites for hydroxylation is 2. The van der Waals surface area contributed by atoms with Crippen LogP contribution in [0.3, 0.4) is 0 Å². The molecule has 6 nitrogen and oxygen atoms in total. The van der Waals surface area contributed by atoms with E-state index in [1.54, 1.807) is 6.92 Å². The van der Waals surface area contributed by atoms with Gasteiger partial charge in [-0.3, -0.25) is 0 Å². The van der Waals surface area contributed by atoms with Crippen LogP contribution in [0.5, 0.6) is 0 Å². The summed E-state index contributed by atoms with van der Waals surface area (Å²) < 4.78 is 1.54. The molecule has 100 valence electrons. The smallest absolute Gasteiger partial charge is 0.358 e. The minimum Gasteiger partial charge on any atom is -0.476 e. The van der Waals surface area contributed by atoms with Gasteiger partial charge in [0.1, 0.15) is 0 Å². The van der Waals surface area contributed by atoms with Crippen LogP contribution in [0.25, 0.3) is 16.8 Å². The van der Waals surface area contributed by atoms with Crippen molar-refractivity contribution >= 4 is 11.6 Å². The van der Waals surface area contributed by atoms with Gasteiger partial charge in [-0.15, -0.1) is 10.2 Å². The molecule has 0 atom stereocenters. The van der Waals surface area contributed by atoms with Crippen molar-refractivity contribution in [3.05, 3.63) is 47.4 Å². The third-order valence-electron chi connectivity index (χ3n) is 3.21. The number of aromatic carboxylic acids is 1. The van der Waals surface area contributed by atoms with Crippen LogP contribution in [-0.2, 0) is 0 Å². The van der Waals surface area contributed by atoms with Crippen LogP contribution >= 0.6 is 0 Å². The second kappa shape index (κ2) is 4.41. The van der Waals surface area contributed by atoms with Gasteiger partial charge in [0.25, 0.3) is 0 Å². The highest BCUT2D eigenvalue weighted by molar-refractivity contribution is 5.87. The molecule has 0 aliphatic rings. The van der Waals surface area contributed by atoms with E-state index in [0.717, 1.165) is 16.8 Å². The van der Waals surface area contributed by atoms with E-state index >= 15 is 0 Å². The van der Waals surface area contributed by atoms with Gasteiger partial charge in [0.15, 0.2) is 11.3 Å². The summed E-state index contributed by atoms with van der Waals surface area (Å²) in [6.07, 6.45) is 0. The number of hydrogen-bond acceptors (Lipinski definition) is 4. The number of carboxylic acids is 1. The number of benzene rings is 1. The molecule has 0 aliphatic heterocycles. The van der Waals surface area contributed by atoms with Crippen molar-refractivity contribution in [2.24, 2.45) is 0 Å². The summed E-state index contributed by atoms with van der Waals surface area (Å²) in [4.78, 5) is 11.1. The highest BCUT2D eigenvalue weighted by Crippen LogP contribution is 2.27. The number of carbonyl (C=O) groups is 1. The highest BCUT2D eigenvalue weighted by atomic mass is 16.4. The lowest BCUT2D eigenvalue weighted by molar-refractivity contribution is 0.0687. The molecule has 1 N–H and O–H groups in total. The molecule has 2 aromatic heterocycles. The summed E-state index contributed by atoms with van der Waals surface area (Å²) >= 11 is 0. The van der Waals surface area contributed by atoms with Gasteiger partial charge in [-0.25, -0.2) is 9.31 Å². The quantitative estimate of drug-likeness (QED) is 0.769. The van der Waals surface area contributed by atoms with E-state index in [0.29, 0.717) is 11.3 Å². The first-order valence-corrected chi connectivity index (χ1v) is 6.11. The normalized spacial score (nSPS) is 10.9. The molecule has 0 fully saturated rings. The average Bonchev–Trinajstić information content (AvgIpc) is 2.77. The van der Waals surface area contributed by atoms with E-state index in [4.69, 9.17) is 5.11 Å². The van der Waals surface area contributed by atoms with Crippen LogP contribution in [0.4, 0.5) is 0 Å². The first-order valence-electron chi connectivity index (χ1n) is 6.11. The van der Waals surface area contributed by atoms with Crippen molar-refractivity contribution in [1.29, 1.82) is 0 Å².